The molecule has 10 nitrogen and oxygen atoms in total. The largest absolute Gasteiger partial charge is 0.354 e. The molecule has 5 N–H and O–H groups in total. The van der Waals surface area contributed by atoms with E-state index in [9.17, 15) is 14.4 Å². The van der Waals surface area contributed by atoms with Gasteiger partial charge in [-0.3, -0.25) is 19.4 Å². The summed E-state index contributed by atoms with van der Waals surface area (Å²) in [6, 6.07) is 17.8. The quantitative estimate of drug-likeness (QED) is 0.0931. The minimum atomic E-state index is -0.805. The summed E-state index contributed by atoms with van der Waals surface area (Å²) in [5.41, 5.74) is 4.70. The number of para-hydroxylation sites is 1. The molecule has 2 heterocycles. The number of carbonyl (C=O) groups is 3. The van der Waals surface area contributed by atoms with Crippen molar-refractivity contribution >= 4 is 35.0 Å². The summed E-state index contributed by atoms with van der Waals surface area (Å²) in [6.45, 7) is 1.60. The van der Waals surface area contributed by atoms with Crippen molar-refractivity contribution in [1.29, 1.82) is 0 Å². The second-order valence-corrected chi connectivity index (χ2v) is 9.75. The molecular weight excluding hydrogens is 494 g/mol. The standard InChI is InChI=1S/C29H37N7O3/c1-35-24-13-6-5-12-22(24)19-26(35)28(38)34-23(18-21-10-3-2-4-11-21)29(39)36-17-9-14-25(36)27(37)32-16-8-7-15-31-20-33-30/h2-6,10-13,19-20,23,25H,7-9,14-18,30H2,1H3,(H,31,33)(H,32,37)(H,34,38)/t23?,25-/m0/s1. The highest BCUT2D eigenvalue weighted by Crippen LogP contribution is 2.21. The molecule has 0 saturated carbocycles. The van der Waals surface area contributed by atoms with Gasteiger partial charge in [0, 0.05) is 44.0 Å². The maximum Gasteiger partial charge on any atom is 0.268 e. The number of hydrogen-bond donors (Lipinski definition) is 4. The van der Waals surface area contributed by atoms with Crippen molar-refractivity contribution in [2.45, 2.75) is 44.2 Å². The molecule has 1 aliphatic rings. The monoisotopic (exact) mass is 531 g/mol. The van der Waals surface area contributed by atoms with Gasteiger partial charge in [-0.2, -0.15) is 0 Å². The predicted octanol–water partition coefficient (Wildman–Crippen LogP) is 1.90. The van der Waals surface area contributed by atoms with Gasteiger partial charge < -0.3 is 25.5 Å². The third-order valence-electron chi connectivity index (χ3n) is 7.09. The van der Waals surface area contributed by atoms with Crippen molar-refractivity contribution in [3.63, 3.8) is 0 Å². The number of amides is 3. The molecule has 2 atom stereocenters. The van der Waals surface area contributed by atoms with Crippen LogP contribution in [0, 0.1) is 0 Å². The zero-order valence-electron chi connectivity index (χ0n) is 22.3. The van der Waals surface area contributed by atoms with Crippen LogP contribution in [0.3, 0.4) is 0 Å². The average Bonchev–Trinajstić information content (AvgIpc) is 3.58. The first-order valence-electron chi connectivity index (χ1n) is 13.4. The van der Waals surface area contributed by atoms with Crippen molar-refractivity contribution in [2.75, 3.05) is 19.6 Å². The Labute approximate surface area is 228 Å². The summed E-state index contributed by atoms with van der Waals surface area (Å²) in [7, 11) is 1.84. The number of rotatable bonds is 12. The molecule has 206 valence electrons. The molecule has 0 radical (unpaired) electrons. The molecule has 10 heteroatoms. The van der Waals surface area contributed by atoms with Gasteiger partial charge in [-0.05, 0) is 43.4 Å². The van der Waals surface area contributed by atoms with E-state index in [4.69, 9.17) is 5.84 Å². The maximum atomic E-state index is 13.9. The molecule has 1 aliphatic heterocycles. The minimum absolute atomic E-state index is 0.161. The Hall–Kier alpha value is -4.18. The Morgan fingerprint density at radius 3 is 2.64 bits per heavy atom. The van der Waals surface area contributed by atoms with Crippen LogP contribution in [0.25, 0.3) is 10.9 Å². The second-order valence-electron chi connectivity index (χ2n) is 9.75. The maximum absolute atomic E-state index is 13.9. The summed E-state index contributed by atoms with van der Waals surface area (Å²) in [5, 5.41) is 6.90. The van der Waals surface area contributed by atoms with Gasteiger partial charge in [-0.1, -0.05) is 48.5 Å². The molecule has 0 aliphatic carbocycles. The van der Waals surface area contributed by atoms with Gasteiger partial charge in [0.1, 0.15) is 17.8 Å². The van der Waals surface area contributed by atoms with Crippen molar-refractivity contribution in [2.24, 2.45) is 17.9 Å². The Bertz CT molecular complexity index is 1300. The summed E-state index contributed by atoms with van der Waals surface area (Å²) in [6.07, 6.45) is 4.68. The number of nitrogens with zero attached hydrogens (tertiary/aromatic N) is 3. The van der Waals surface area contributed by atoms with E-state index in [0.717, 1.165) is 35.7 Å². The normalized spacial score (nSPS) is 15.9. The van der Waals surface area contributed by atoms with E-state index in [1.165, 1.54) is 6.34 Å². The molecule has 4 rings (SSSR count). The number of unbranched alkanes of at least 4 members (excludes halogenated alkanes) is 1. The van der Waals surface area contributed by atoms with Crippen molar-refractivity contribution < 1.29 is 14.4 Å². The van der Waals surface area contributed by atoms with Crippen molar-refractivity contribution in [3.05, 3.63) is 71.9 Å². The predicted molar refractivity (Wildman–Crippen MR) is 152 cm³/mol. The topological polar surface area (TPSA) is 134 Å². The van der Waals surface area contributed by atoms with Gasteiger partial charge in [0.25, 0.3) is 5.91 Å². The molecule has 1 aromatic heterocycles. The molecular formula is C29H37N7O3. The molecule has 39 heavy (non-hydrogen) atoms. The van der Waals surface area contributed by atoms with E-state index >= 15 is 0 Å². The first-order chi connectivity index (χ1) is 19.0. The number of carbonyl (C=O) groups excluding carboxylic acids is 3. The first-order valence-corrected chi connectivity index (χ1v) is 13.4. The van der Waals surface area contributed by atoms with E-state index in [2.05, 4.69) is 21.1 Å². The number of hydrogen-bond acceptors (Lipinski definition) is 5. The molecule has 3 aromatic rings. The molecule has 0 spiro atoms. The van der Waals surface area contributed by atoms with E-state index in [-0.39, 0.29) is 17.7 Å². The van der Waals surface area contributed by atoms with Gasteiger partial charge in [0.05, 0.1) is 6.34 Å². The van der Waals surface area contributed by atoms with Crippen LogP contribution in [0.1, 0.15) is 41.7 Å². The van der Waals surface area contributed by atoms with Gasteiger partial charge in [-0.25, -0.2) is 5.84 Å². The van der Waals surface area contributed by atoms with Gasteiger partial charge in [0.2, 0.25) is 11.8 Å². The zero-order valence-corrected chi connectivity index (χ0v) is 22.3. The molecule has 0 bridgehead atoms. The third kappa shape index (κ3) is 7.02. The Balaban J connectivity index is 1.45. The Morgan fingerprint density at radius 1 is 1.10 bits per heavy atom. The lowest BCUT2D eigenvalue weighted by Crippen LogP contribution is -2.54. The fourth-order valence-electron chi connectivity index (χ4n) is 5.07. The summed E-state index contributed by atoms with van der Waals surface area (Å²) in [4.78, 5) is 46.0. The number of nitrogens with one attached hydrogen (secondary N) is 3. The van der Waals surface area contributed by atoms with Crippen LogP contribution in [0.4, 0.5) is 0 Å². The number of hydrazine groups is 1. The zero-order chi connectivity index (χ0) is 27.6. The molecule has 1 unspecified atom stereocenters. The Kier molecular flexibility index (Phi) is 9.69. The lowest BCUT2D eigenvalue weighted by Gasteiger charge is -2.29. The lowest BCUT2D eigenvalue weighted by molar-refractivity contribution is -0.139. The number of likely N-dealkylation sites (tertiary alicyclic amines) is 1. The second kappa shape index (κ2) is 13.6. The fraction of sp³-hybridized carbons (Fsp3) is 0.379. The molecule has 1 fully saturated rings. The van der Waals surface area contributed by atoms with E-state index in [1.807, 2.05) is 72.3 Å². The number of aromatic nitrogens is 1. The summed E-state index contributed by atoms with van der Waals surface area (Å²) >= 11 is 0. The SMILES string of the molecule is Cn1c(C(=O)NC(Cc2ccccc2)C(=O)N2CCC[C@H]2C(=O)NCCCCN=CNN)cc2ccccc21. The average molecular weight is 532 g/mol. The van der Waals surface area contributed by atoms with Crippen LogP contribution >= 0.6 is 0 Å². The van der Waals surface area contributed by atoms with Crippen LogP contribution in [0.5, 0.6) is 0 Å². The summed E-state index contributed by atoms with van der Waals surface area (Å²) < 4.78 is 1.83. The van der Waals surface area contributed by atoms with Crippen molar-refractivity contribution in [1.82, 2.24) is 25.5 Å². The first kappa shape index (κ1) is 27.8. The van der Waals surface area contributed by atoms with E-state index in [0.29, 0.717) is 38.2 Å². The molecule has 2 aromatic carbocycles. The number of aliphatic imine (C=N–C) groups is 1. The van der Waals surface area contributed by atoms with Crippen LogP contribution < -0.4 is 21.9 Å². The minimum Gasteiger partial charge on any atom is -0.354 e. The number of fused-ring (bicyclic) bond motifs is 1. The smallest absolute Gasteiger partial charge is 0.268 e. The number of nitrogens with two attached hydrogens (primary N) is 1. The fourth-order valence-corrected chi connectivity index (χ4v) is 5.07. The van der Waals surface area contributed by atoms with Crippen molar-refractivity contribution in [3.8, 4) is 0 Å². The highest BCUT2D eigenvalue weighted by molar-refractivity contribution is 6.01. The van der Waals surface area contributed by atoms with Crippen LogP contribution in [-0.2, 0) is 23.1 Å². The number of aryl methyl sites for hydroxylation is 1. The summed E-state index contributed by atoms with van der Waals surface area (Å²) in [5.74, 6) is 4.42. The highest BCUT2D eigenvalue weighted by Gasteiger charge is 2.37. The highest BCUT2D eigenvalue weighted by atomic mass is 16.2. The van der Waals surface area contributed by atoms with E-state index < -0.39 is 12.1 Å². The van der Waals surface area contributed by atoms with Gasteiger partial charge in [0.15, 0.2) is 0 Å². The molecule has 3 amide bonds. The van der Waals surface area contributed by atoms with Gasteiger partial charge >= 0.3 is 0 Å². The van der Waals surface area contributed by atoms with Crippen LogP contribution in [-0.4, -0.2) is 65.2 Å². The Morgan fingerprint density at radius 2 is 1.87 bits per heavy atom. The third-order valence-corrected chi connectivity index (χ3v) is 7.09. The van der Waals surface area contributed by atoms with Crippen LogP contribution in [0.15, 0.2) is 65.7 Å². The number of benzene rings is 2. The molecule has 1 saturated heterocycles. The van der Waals surface area contributed by atoms with E-state index in [1.54, 1.807) is 4.90 Å². The lowest BCUT2D eigenvalue weighted by atomic mass is 10.0. The van der Waals surface area contributed by atoms with Gasteiger partial charge in [-0.15, -0.1) is 0 Å². The van der Waals surface area contributed by atoms with Crippen LogP contribution in [0.2, 0.25) is 0 Å².